The lowest BCUT2D eigenvalue weighted by atomic mass is 9.93. The summed E-state index contributed by atoms with van der Waals surface area (Å²) in [5.41, 5.74) is 2.56. The molecule has 2 heterocycles. The molecule has 1 N–H and O–H groups in total. The van der Waals surface area contributed by atoms with Crippen molar-refractivity contribution >= 4 is 28.8 Å². The molecular formula is C23H29N3O5S. The van der Waals surface area contributed by atoms with Gasteiger partial charge in [-0.05, 0) is 43.4 Å². The van der Waals surface area contributed by atoms with Crippen LogP contribution in [0.5, 0.6) is 11.5 Å². The Hall–Kier alpha value is -2.94. The van der Waals surface area contributed by atoms with Crippen molar-refractivity contribution in [2.24, 2.45) is 4.99 Å². The maximum Gasteiger partial charge on any atom is 0.338 e. The summed E-state index contributed by atoms with van der Waals surface area (Å²) < 4.78 is 15.9. The van der Waals surface area contributed by atoms with Crippen LogP contribution in [0.1, 0.15) is 45.2 Å². The Morgan fingerprint density at radius 3 is 2.56 bits per heavy atom. The van der Waals surface area contributed by atoms with Gasteiger partial charge in [-0.25, -0.2) is 9.79 Å². The second-order valence-electron chi connectivity index (χ2n) is 7.55. The smallest absolute Gasteiger partial charge is 0.338 e. The molecule has 3 rings (SSSR count). The van der Waals surface area contributed by atoms with Crippen LogP contribution >= 0.6 is 11.8 Å². The first-order valence-corrected chi connectivity index (χ1v) is 11.3. The number of thioether (sulfide) groups is 1. The summed E-state index contributed by atoms with van der Waals surface area (Å²) >= 11 is 1.43. The lowest BCUT2D eigenvalue weighted by Gasteiger charge is -2.36. The van der Waals surface area contributed by atoms with E-state index in [4.69, 9.17) is 14.2 Å². The summed E-state index contributed by atoms with van der Waals surface area (Å²) in [6, 6.07) is 5.08. The highest BCUT2D eigenvalue weighted by molar-refractivity contribution is 8.16. The maximum atomic E-state index is 12.8. The minimum atomic E-state index is -0.521. The number of ether oxygens (including phenoxy) is 3. The quantitative estimate of drug-likeness (QED) is 0.592. The van der Waals surface area contributed by atoms with Crippen LogP contribution in [0.15, 0.2) is 45.6 Å². The Morgan fingerprint density at radius 1 is 1.22 bits per heavy atom. The molecule has 1 aromatic carbocycles. The molecule has 0 fully saturated rings. The van der Waals surface area contributed by atoms with Crippen molar-refractivity contribution in [3.63, 3.8) is 0 Å². The van der Waals surface area contributed by atoms with E-state index in [1.165, 1.54) is 18.9 Å². The van der Waals surface area contributed by atoms with Crippen LogP contribution in [0.4, 0.5) is 0 Å². The maximum absolute atomic E-state index is 12.8. The fraction of sp³-hybridized carbons (Fsp3) is 0.435. The Labute approximate surface area is 192 Å². The number of nitrogens with one attached hydrogen (secondary N) is 1. The molecule has 9 heteroatoms. The van der Waals surface area contributed by atoms with Crippen molar-refractivity contribution in [1.29, 1.82) is 0 Å². The van der Waals surface area contributed by atoms with E-state index >= 15 is 0 Å². The normalized spacial score (nSPS) is 18.4. The molecule has 0 radical (unpaired) electrons. The zero-order chi connectivity index (χ0) is 23.4. The molecule has 172 valence electrons. The fourth-order valence-corrected chi connectivity index (χ4v) is 4.64. The van der Waals surface area contributed by atoms with Gasteiger partial charge in [0.25, 0.3) is 0 Å². The number of amidine groups is 1. The number of nitrogens with zero attached hydrogens (tertiary/aromatic N) is 2. The summed E-state index contributed by atoms with van der Waals surface area (Å²) in [6.45, 7) is 5.78. The largest absolute Gasteiger partial charge is 0.493 e. The molecule has 1 aromatic rings. The topological polar surface area (TPSA) is 89.5 Å². The number of aliphatic imine (C=N–C) groups is 1. The molecule has 2 aliphatic heterocycles. The van der Waals surface area contributed by atoms with Crippen LogP contribution < -0.4 is 14.8 Å². The highest BCUT2D eigenvalue weighted by Crippen LogP contribution is 2.46. The third-order valence-electron chi connectivity index (χ3n) is 5.49. The van der Waals surface area contributed by atoms with Crippen molar-refractivity contribution in [3.8, 4) is 11.5 Å². The van der Waals surface area contributed by atoms with E-state index in [9.17, 15) is 9.59 Å². The minimum absolute atomic E-state index is 0.0793. The molecule has 2 unspecified atom stereocenters. The van der Waals surface area contributed by atoms with Crippen molar-refractivity contribution in [3.05, 3.63) is 46.1 Å². The number of benzene rings is 1. The predicted octanol–water partition coefficient (Wildman–Crippen LogP) is 3.76. The van der Waals surface area contributed by atoms with E-state index in [0.717, 1.165) is 17.7 Å². The third kappa shape index (κ3) is 4.62. The molecule has 8 nitrogen and oxygen atoms in total. The van der Waals surface area contributed by atoms with Crippen LogP contribution in [0.25, 0.3) is 0 Å². The van der Waals surface area contributed by atoms with Crippen LogP contribution in [0, 0.1) is 0 Å². The zero-order valence-electron chi connectivity index (χ0n) is 19.2. The molecule has 0 aliphatic carbocycles. The molecule has 2 aliphatic rings. The van der Waals surface area contributed by atoms with E-state index in [1.54, 1.807) is 27.2 Å². The predicted molar refractivity (Wildman–Crippen MR) is 124 cm³/mol. The van der Waals surface area contributed by atoms with Crippen LogP contribution in [-0.2, 0) is 14.3 Å². The van der Waals surface area contributed by atoms with Crippen molar-refractivity contribution in [2.75, 3.05) is 21.3 Å². The molecule has 0 saturated heterocycles. The molecule has 0 spiro atoms. The average Bonchev–Trinajstić information content (AvgIpc) is 3.18. The molecule has 0 bridgehead atoms. The minimum Gasteiger partial charge on any atom is -0.493 e. The Morgan fingerprint density at radius 2 is 1.94 bits per heavy atom. The number of esters is 1. The van der Waals surface area contributed by atoms with E-state index < -0.39 is 12.0 Å². The van der Waals surface area contributed by atoms with Gasteiger partial charge in [-0.15, -0.1) is 0 Å². The number of fused-ring (bicyclic) bond motifs is 1. The highest BCUT2D eigenvalue weighted by atomic mass is 32.2. The second-order valence-corrected chi connectivity index (χ2v) is 8.39. The molecule has 0 saturated carbocycles. The number of amides is 1. The second kappa shape index (κ2) is 10.1. The standard InChI is InChI=1S/C23H29N3O5S/c1-7-13(2)24-19(27)11-16-12-32-23-25-14(3)20(22(28)31-6)21(26(16)23)15-8-9-17(29-4)18(10-15)30-5/h8-10,12-13,21H,7,11H2,1-6H3,(H,24,27). The summed E-state index contributed by atoms with van der Waals surface area (Å²) in [6.07, 6.45) is 1.02. The van der Waals surface area contributed by atoms with Gasteiger partial charge in [-0.1, -0.05) is 24.8 Å². The van der Waals surface area contributed by atoms with E-state index in [-0.39, 0.29) is 18.4 Å². The SMILES string of the molecule is CCC(C)NC(=O)CC1=CSC2=NC(C)=C(C(=O)OC)C(c3ccc(OC)c(OC)c3)N12. The van der Waals surface area contributed by atoms with Crippen LogP contribution in [0.3, 0.4) is 0 Å². The van der Waals surface area contributed by atoms with Gasteiger partial charge in [-0.3, -0.25) is 4.79 Å². The van der Waals surface area contributed by atoms with Gasteiger partial charge in [0.05, 0.1) is 45.1 Å². The van der Waals surface area contributed by atoms with E-state index in [0.29, 0.717) is 27.9 Å². The first kappa shape index (κ1) is 23.7. The number of rotatable bonds is 8. The van der Waals surface area contributed by atoms with Gasteiger partial charge < -0.3 is 24.4 Å². The Kier molecular flexibility index (Phi) is 7.50. The average molecular weight is 460 g/mol. The number of methoxy groups -OCH3 is 3. The summed E-state index contributed by atoms with van der Waals surface area (Å²) in [5.74, 6) is 0.582. The van der Waals surface area contributed by atoms with Gasteiger partial charge in [0.15, 0.2) is 16.7 Å². The Balaban J connectivity index is 2.05. The summed E-state index contributed by atoms with van der Waals surface area (Å²) in [4.78, 5) is 32.0. The van der Waals surface area contributed by atoms with Crippen LogP contribution in [0.2, 0.25) is 0 Å². The van der Waals surface area contributed by atoms with E-state index in [2.05, 4.69) is 10.3 Å². The first-order valence-electron chi connectivity index (χ1n) is 10.4. The van der Waals surface area contributed by atoms with Gasteiger partial charge in [0, 0.05) is 11.7 Å². The van der Waals surface area contributed by atoms with Crippen molar-refractivity contribution < 1.29 is 23.8 Å². The van der Waals surface area contributed by atoms with Crippen molar-refractivity contribution in [1.82, 2.24) is 10.2 Å². The Bertz CT molecular complexity index is 1000. The lowest BCUT2D eigenvalue weighted by Crippen LogP contribution is -2.39. The van der Waals surface area contributed by atoms with Gasteiger partial charge in [0.2, 0.25) is 5.91 Å². The molecule has 0 aromatic heterocycles. The molecule has 1 amide bonds. The molecule has 32 heavy (non-hydrogen) atoms. The monoisotopic (exact) mass is 459 g/mol. The van der Waals surface area contributed by atoms with E-state index in [1.807, 2.05) is 36.3 Å². The lowest BCUT2D eigenvalue weighted by molar-refractivity contribution is -0.136. The summed E-state index contributed by atoms with van der Waals surface area (Å²) in [7, 11) is 4.48. The van der Waals surface area contributed by atoms with Gasteiger partial charge in [-0.2, -0.15) is 0 Å². The number of carbonyl (C=O) groups is 2. The number of allylic oxidation sites excluding steroid dienone is 1. The van der Waals surface area contributed by atoms with Gasteiger partial charge >= 0.3 is 5.97 Å². The third-order valence-corrected chi connectivity index (χ3v) is 6.38. The number of hydrogen-bond donors (Lipinski definition) is 1. The molecular weight excluding hydrogens is 430 g/mol. The molecule has 2 atom stereocenters. The first-order chi connectivity index (χ1) is 15.3. The van der Waals surface area contributed by atoms with Crippen molar-refractivity contribution in [2.45, 2.75) is 45.7 Å². The number of carbonyl (C=O) groups excluding carboxylic acids is 2. The summed E-state index contributed by atoms with van der Waals surface area (Å²) in [5, 5.41) is 5.62. The van der Waals surface area contributed by atoms with Gasteiger partial charge in [0.1, 0.15) is 0 Å². The fourth-order valence-electron chi connectivity index (χ4n) is 3.67. The van der Waals surface area contributed by atoms with Crippen LogP contribution in [-0.4, -0.2) is 49.3 Å². The zero-order valence-corrected chi connectivity index (χ0v) is 20.0. The number of hydrogen-bond acceptors (Lipinski definition) is 8. The highest BCUT2D eigenvalue weighted by Gasteiger charge is 2.41.